The highest BCUT2D eigenvalue weighted by atomic mass is 16.5. The van der Waals surface area contributed by atoms with Gasteiger partial charge in [0.15, 0.2) is 0 Å². The molecule has 0 aliphatic rings. The number of rotatable bonds is 6. The molecule has 3 aromatic rings. The number of benzene rings is 2. The summed E-state index contributed by atoms with van der Waals surface area (Å²) >= 11 is 0. The average Bonchev–Trinajstić information content (AvgIpc) is 3.08. The Morgan fingerprint density at radius 2 is 1.75 bits per heavy atom. The molecule has 0 aliphatic heterocycles. The van der Waals surface area contributed by atoms with Gasteiger partial charge in [0.1, 0.15) is 11.9 Å². The van der Waals surface area contributed by atoms with Crippen LogP contribution in [0.4, 0.5) is 0 Å². The minimum atomic E-state index is 0.0226. The summed E-state index contributed by atoms with van der Waals surface area (Å²) in [7, 11) is 0. The van der Waals surface area contributed by atoms with Crippen molar-refractivity contribution in [2.24, 2.45) is 0 Å². The van der Waals surface area contributed by atoms with Gasteiger partial charge in [-0.3, -0.25) is 0 Å². The van der Waals surface area contributed by atoms with E-state index in [2.05, 4.69) is 72.8 Å². The van der Waals surface area contributed by atoms with Gasteiger partial charge in [-0.05, 0) is 38.0 Å². The monoisotopic (exact) mass is 320 g/mol. The van der Waals surface area contributed by atoms with Gasteiger partial charge in [-0.1, -0.05) is 47.5 Å². The van der Waals surface area contributed by atoms with Crippen molar-refractivity contribution in [1.29, 1.82) is 0 Å². The predicted molar refractivity (Wildman–Crippen MR) is 97.3 cm³/mol. The Hall–Kier alpha value is -2.55. The number of aryl methyl sites for hydroxylation is 4. The van der Waals surface area contributed by atoms with Crippen molar-refractivity contribution in [3.05, 3.63) is 83.4 Å². The summed E-state index contributed by atoms with van der Waals surface area (Å²) in [5, 5.41) is 0. The first-order valence-electron chi connectivity index (χ1n) is 8.38. The van der Waals surface area contributed by atoms with Gasteiger partial charge < -0.3 is 9.30 Å². The molecule has 3 heteroatoms. The zero-order valence-corrected chi connectivity index (χ0v) is 14.6. The summed E-state index contributed by atoms with van der Waals surface area (Å²) in [4.78, 5) is 4.11. The lowest BCUT2D eigenvalue weighted by molar-refractivity contribution is 0.186. The lowest BCUT2D eigenvalue weighted by Crippen LogP contribution is -2.11. The van der Waals surface area contributed by atoms with Crippen LogP contribution in [0.2, 0.25) is 0 Å². The molecule has 0 radical (unpaired) electrons. The molecule has 24 heavy (non-hydrogen) atoms. The van der Waals surface area contributed by atoms with Crippen LogP contribution >= 0.6 is 0 Å². The largest absolute Gasteiger partial charge is 0.485 e. The first-order valence-corrected chi connectivity index (χ1v) is 8.38. The Bertz CT molecular complexity index is 776. The van der Waals surface area contributed by atoms with Gasteiger partial charge in [0.05, 0.1) is 6.33 Å². The average molecular weight is 320 g/mol. The second-order valence-corrected chi connectivity index (χ2v) is 6.38. The smallest absolute Gasteiger partial charge is 0.125 e. The Morgan fingerprint density at radius 1 is 1.00 bits per heavy atom. The fraction of sp³-hybridized carbons (Fsp3) is 0.286. The van der Waals surface area contributed by atoms with Gasteiger partial charge in [-0.15, -0.1) is 0 Å². The zero-order valence-electron chi connectivity index (χ0n) is 14.6. The zero-order chi connectivity index (χ0) is 16.9. The Balaban J connectivity index is 1.81. The van der Waals surface area contributed by atoms with E-state index in [4.69, 9.17) is 4.74 Å². The predicted octanol–water partition coefficient (Wildman–Crippen LogP) is 5.02. The molecular weight excluding hydrogens is 296 g/mol. The first kappa shape index (κ1) is 16.3. The second kappa shape index (κ2) is 7.35. The van der Waals surface area contributed by atoms with E-state index in [1.54, 1.807) is 0 Å². The molecule has 2 aromatic carbocycles. The van der Waals surface area contributed by atoms with Crippen LogP contribution in [0, 0.1) is 20.8 Å². The molecule has 0 aliphatic carbocycles. The second-order valence-electron chi connectivity index (χ2n) is 6.38. The fourth-order valence-electron chi connectivity index (χ4n) is 2.84. The normalized spacial score (nSPS) is 12.1. The van der Waals surface area contributed by atoms with Crippen LogP contribution in [0.5, 0.6) is 5.75 Å². The Morgan fingerprint density at radius 3 is 2.42 bits per heavy atom. The molecule has 3 rings (SSSR count). The van der Waals surface area contributed by atoms with E-state index in [9.17, 15) is 0 Å². The lowest BCUT2D eigenvalue weighted by atomic mass is 10.0. The molecule has 1 atom stereocenters. The third kappa shape index (κ3) is 4.05. The van der Waals surface area contributed by atoms with Crippen molar-refractivity contribution in [1.82, 2.24) is 9.55 Å². The van der Waals surface area contributed by atoms with Crippen molar-refractivity contribution < 1.29 is 4.74 Å². The molecule has 0 bridgehead atoms. The van der Waals surface area contributed by atoms with Crippen LogP contribution in [0.1, 0.15) is 34.8 Å². The van der Waals surface area contributed by atoms with E-state index in [1.165, 1.54) is 22.3 Å². The molecule has 3 nitrogen and oxygen atoms in total. The molecule has 0 N–H and O–H groups in total. The van der Waals surface area contributed by atoms with Crippen LogP contribution in [-0.2, 0) is 6.54 Å². The number of imidazole rings is 1. The van der Waals surface area contributed by atoms with Gasteiger partial charge in [0.2, 0.25) is 0 Å². The van der Waals surface area contributed by atoms with Crippen molar-refractivity contribution in [3.8, 4) is 5.75 Å². The van der Waals surface area contributed by atoms with Crippen molar-refractivity contribution in [3.63, 3.8) is 0 Å². The molecular formula is C21H24N2O. The maximum absolute atomic E-state index is 6.39. The summed E-state index contributed by atoms with van der Waals surface area (Å²) < 4.78 is 8.48. The van der Waals surface area contributed by atoms with E-state index in [-0.39, 0.29) is 6.10 Å². The standard InChI is InChI=1S/C21H24N2O/c1-16-4-7-19(8-5-16)21(10-12-23-13-11-22-15-23)24-20-9-6-17(2)14-18(20)3/h4-9,11,13-15,21H,10,12H2,1-3H3. The third-order valence-corrected chi connectivity index (χ3v) is 4.26. The minimum Gasteiger partial charge on any atom is -0.485 e. The number of hydrogen-bond acceptors (Lipinski definition) is 2. The van der Waals surface area contributed by atoms with Crippen LogP contribution in [0.15, 0.2) is 61.2 Å². The van der Waals surface area contributed by atoms with Crippen LogP contribution < -0.4 is 4.74 Å². The van der Waals surface area contributed by atoms with Gasteiger partial charge in [0.25, 0.3) is 0 Å². The van der Waals surface area contributed by atoms with E-state index in [1.807, 2.05) is 18.7 Å². The summed E-state index contributed by atoms with van der Waals surface area (Å²) in [5.74, 6) is 0.955. The van der Waals surface area contributed by atoms with Crippen molar-refractivity contribution >= 4 is 0 Å². The van der Waals surface area contributed by atoms with E-state index in [0.29, 0.717) is 0 Å². The van der Waals surface area contributed by atoms with Crippen LogP contribution in [0.25, 0.3) is 0 Å². The highest BCUT2D eigenvalue weighted by Gasteiger charge is 2.15. The summed E-state index contributed by atoms with van der Waals surface area (Å²) in [6.07, 6.45) is 6.57. The number of nitrogens with zero attached hydrogens (tertiary/aromatic N) is 2. The fourth-order valence-corrected chi connectivity index (χ4v) is 2.84. The van der Waals surface area contributed by atoms with Gasteiger partial charge in [-0.25, -0.2) is 4.98 Å². The molecule has 1 unspecified atom stereocenters. The summed E-state index contributed by atoms with van der Waals surface area (Å²) in [5.41, 5.74) is 4.90. The maximum atomic E-state index is 6.39. The Labute approximate surface area is 143 Å². The highest BCUT2D eigenvalue weighted by Crippen LogP contribution is 2.28. The molecule has 124 valence electrons. The molecule has 1 aromatic heterocycles. The van der Waals surface area contributed by atoms with Crippen molar-refractivity contribution in [2.45, 2.75) is 39.8 Å². The number of hydrogen-bond donors (Lipinski definition) is 0. The molecule has 0 saturated heterocycles. The molecule has 0 spiro atoms. The van der Waals surface area contributed by atoms with Gasteiger partial charge >= 0.3 is 0 Å². The molecule has 0 amide bonds. The SMILES string of the molecule is Cc1ccc(C(CCn2ccnc2)Oc2ccc(C)cc2C)cc1. The van der Waals surface area contributed by atoms with E-state index >= 15 is 0 Å². The van der Waals surface area contributed by atoms with Crippen LogP contribution in [-0.4, -0.2) is 9.55 Å². The highest BCUT2D eigenvalue weighted by molar-refractivity contribution is 5.36. The molecule has 0 saturated carbocycles. The lowest BCUT2D eigenvalue weighted by Gasteiger charge is -2.21. The number of ether oxygens (including phenoxy) is 1. The van der Waals surface area contributed by atoms with Gasteiger partial charge in [0, 0.05) is 25.4 Å². The Kier molecular flexibility index (Phi) is 4.99. The van der Waals surface area contributed by atoms with Gasteiger partial charge in [-0.2, -0.15) is 0 Å². The topological polar surface area (TPSA) is 27.1 Å². The maximum Gasteiger partial charge on any atom is 0.125 e. The van der Waals surface area contributed by atoms with Crippen LogP contribution in [0.3, 0.4) is 0 Å². The van der Waals surface area contributed by atoms with E-state index in [0.717, 1.165) is 18.7 Å². The quantitative estimate of drug-likeness (QED) is 0.638. The number of aromatic nitrogens is 2. The third-order valence-electron chi connectivity index (χ3n) is 4.26. The van der Waals surface area contributed by atoms with E-state index < -0.39 is 0 Å². The molecule has 0 fully saturated rings. The summed E-state index contributed by atoms with van der Waals surface area (Å²) in [6.45, 7) is 7.19. The minimum absolute atomic E-state index is 0.0226. The molecule has 1 heterocycles. The summed E-state index contributed by atoms with van der Waals surface area (Å²) in [6, 6.07) is 15.0. The first-order chi connectivity index (χ1) is 11.6. The van der Waals surface area contributed by atoms with Crippen molar-refractivity contribution in [2.75, 3.05) is 0 Å².